The van der Waals surface area contributed by atoms with Gasteiger partial charge in [-0.25, -0.2) is 0 Å². The summed E-state index contributed by atoms with van der Waals surface area (Å²) in [5, 5.41) is 7.77. The van der Waals surface area contributed by atoms with Gasteiger partial charge in [-0.15, -0.1) is 6.58 Å². The highest BCUT2D eigenvalue weighted by molar-refractivity contribution is 9.10. The number of hydrogen-bond donors (Lipinski definition) is 1. The quantitative estimate of drug-likeness (QED) is 0.590. The monoisotopic (exact) mass is 301 g/mol. The summed E-state index contributed by atoms with van der Waals surface area (Å²) >= 11 is 3.59. The van der Waals surface area contributed by atoms with Gasteiger partial charge in [0, 0.05) is 20.1 Å². The average Bonchev–Trinajstić information content (AvgIpc) is 2.60. The smallest absolute Gasteiger partial charge is 0.0767 e. The lowest BCUT2D eigenvalue weighted by Crippen LogP contribution is -2.21. The van der Waals surface area contributed by atoms with Crippen LogP contribution in [-0.2, 0) is 24.8 Å². The summed E-state index contributed by atoms with van der Waals surface area (Å²) in [7, 11) is 1.97. The van der Waals surface area contributed by atoms with Crippen LogP contribution in [0.15, 0.2) is 17.1 Å². The number of hydrogen-bond acceptors (Lipinski definition) is 3. The SMILES string of the molecule is C=CCOCCNCc1c(Br)c(CC)nn1C. The molecule has 1 rings (SSSR count). The van der Waals surface area contributed by atoms with Crippen molar-refractivity contribution in [1.82, 2.24) is 15.1 Å². The summed E-state index contributed by atoms with van der Waals surface area (Å²) in [6.45, 7) is 8.63. The zero-order chi connectivity index (χ0) is 12.7. The Balaban J connectivity index is 2.36. The maximum Gasteiger partial charge on any atom is 0.0767 e. The molecule has 0 amide bonds. The van der Waals surface area contributed by atoms with Crippen LogP contribution in [0.3, 0.4) is 0 Å². The molecule has 5 heteroatoms. The van der Waals surface area contributed by atoms with Crippen LogP contribution in [0.4, 0.5) is 0 Å². The highest BCUT2D eigenvalue weighted by atomic mass is 79.9. The van der Waals surface area contributed by atoms with Gasteiger partial charge in [-0.1, -0.05) is 13.0 Å². The minimum atomic E-state index is 0.608. The van der Waals surface area contributed by atoms with Crippen LogP contribution in [-0.4, -0.2) is 29.5 Å². The Bertz CT molecular complexity index is 363. The lowest BCUT2D eigenvalue weighted by atomic mass is 10.3. The molecule has 0 bridgehead atoms. The second-order valence-corrected chi connectivity index (χ2v) is 4.52. The summed E-state index contributed by atoms with van der Waals surface area (Å²) in [6.07, 6.45) is 2.70. The number of aromatic nitrogens is 2. The van der Waals surface area contributed by atoms with Gasteiger partial charge < -0.3 is 10.1 Å². The van der Waals surface area contributed by atoms with Gasteiger partial charge in [0.1, 0.15) is 0 Å². The zero-order valence-corrected chi connectivity index (χ0v) is 12.1. The molecule has 0 atom stereocenters. The molecule has 0 unspecified atom stereocenters. The number of nitrogens with zero attached hydrogens (tertiary/aromatic N) is 2. The van der Waals surface area contributed by atoms with Crippen LogP contribution in [0.2, 0.25) is 0 Å². The van der Waals surface area contributed by atoms with Crippen LogP contribution < -0.4 is 5.32 Å². The topological polar surface area (TPSA) is 39.1 Å². The molecule has 0 aliphatic carbocycles. The van der Waals surface area contributed by atoms with E-state index >= 15 is 0 Å². The molecular weight excluding hydrogens is 282 g/mol. The van der Waals surface area contributed by atoms with Gasteiger partial charge in [-0.05, 0) is 22.4 Å². The molecule has 4 nitrogen and oxygen atoms in total. The Kier molecular flexibility index (Phi) is 6.47. The molecule has 0 saturated carbocycles. The number of halogens is 1. The fraction of sp³-hybridized carbons (Fsp3) is 0.583. The van der Waals surface area contributed by atoms with Gasteiger partial charge in [-0.2, -0.15) is 5.10 Å². The molecule has 1 aromatic rings. The summed E-state index contributed by atoms with van der Waals surface area (Å²) in [6, 6.07) is 0. The van der Waals surface area contributed by atoms with E-state index in [1.54, 1.807) is 6.08 Å². The molecule has 1 heterocycles. The molecule has 96 valence electrons. The van der Waals surface area contributed by atoms with Crippen LogP contribution in [0.1, 0.15) is 18.3 Å². The van der Waals surface area contributed by atoms with Crippen molar-refractivity contribution in [2.24, 2.45) is 7.05 Å². The van der Waals surface area contributed by atoms with E-state index in [0.29, 0.717) is 13.2 Å². The Morgan fingerprint density at radius 1 is 1.59 bits per heavy atom. The van der Waals surface area contributed by atoms with Crippen molar-refractivity contribution in [3.05, 3.63) is 28.5 Å². The Morgan fingerprint density at radius 3 is 2.94 bits per heavy atom. The number of nitrogens with one attached hydrogen (secondary N) is 1. The molecular formula is C12H20BrN3O. The van der Waals surface area contributed by atoms with Gasteiger partial charge in [0.05, 0.1) is 29.1 Å². The van der Waals surface area contributed by atoms with E-state index in [0.717, 1.165) is 29.7 Å². The number of rotatable bonds is 8. The third-order valence-electron chi connectivity index (χ3n) is 2.45. The van der Waals surface area contributed by atoms with Crippen LogP contribution in [0, 0.1) is 0 Å². The third kappa shape index (κ3) is 4.26. The van der Waals surface area contributed by atoms with Crippen molar-refractivity contribution in [1.29, 1.82) is 0 Å². The van der Waals surface area contributed by atoms with Crippen molar-refractivity contribution in [3.8, 4) is 0 Å². The summed E-state index contributed by atoms with van der Waals surface area (Å²) in [5.74, 6) is 0. The van der Waals surface area contributed by atoms with Crippen LogP contribution >= 0.6 is 15.9 Å². The zero-order valence-electron chi connectivity index (χ0n) is 10.5. The molecule has 0 aliphatic rings. The molecule has 0 fully saturated rings. The van der Waals surface area contributed by atoms with E-state index in [9.17, 15) is 0 Å². The molecule has 0 spiro atoms. The van der Waals surface area contributed by atoms with Crippen LogP contribution in [0.5, 0.6) is 0 Å². The van der Waals surface area contributed by atoms with Crippen molar-refractivity contribution in [3.63, 3.8) is 0 Å². The molecule has 0 saturated heterocycles. The van der Waals surface area contributed by atoms with Gasteiger partial charge in [-0.3, -0.25) is 4.68 Å². The fourth-order valence-corrected chi connectivity index (χ4v) is 2.29. The van der Waals surface area contributed by atoms with Crippen LogP contribution in [0.25, 0.3) is 0 Å². The molecule has 1 aromatic heterocycles. The normalized spacial score (nSPS) is 10.8. The number of aryl methyl sites for hydroxylation is 2. The fourth-order valence-electron chi connectivity index (χ4n) is 1.53. The van der Waals surface area contributed by atoms with Crippen molar-refractivity contribution in [2.75, 3.05) is 19.8 Å². The van der Waals surface area contributed by atoms with E-state index < -0.39 is 0 Å². The van der Waals surface area contributed by atoms with Crippen molar-refractivity contribution >= 4 is 15.9 Å². The molecule has 0 aromatic carbocycles. The van der Waals surface area contributed by atoms with Crippen molar-refractivity contribution in [2.45, 2.75) is 19.9 Å². The molecule has 0 aliphatic heterocycles. The average molecular weight is 302 g/mol. The van der Waals surface area contributed by atoms with Gasteiger partial charge >= 0.3 is 0 Å². The Hall–Kier alpha value is -0.650. The van der Waals surface area contributed by atoms with E-state index in [4.69, 9.17) is 4.74 Å². The maximum atomic E-state index is 5.29. The van der Waals surface area contributed by atoms with E-state index in [1.165, 1.54) is 5.69 Å². The third-order valence-corrected chi connectivity index (χ3v) is 3.37. The summed E-state index contributed by atoms with van der Waals surface area (Å²) in [5.41, 5.74) is 2.28. The standard InChI is InChI=1S/C12H20BrN3O/c1-4-7-17-8-6-14-9-11-12(13)10(5-2)15-16(11)3/h4,14H,1,5-9H2,2-3H3. The first-order valence-corrected chi connectivity index (χ1v) is 6.59. The minimum absolute atomic E-state index is 0.608. The second kappa shape index (κ2) is 7.63. The van der Waals surface area contributed by atoms with E-state index in [2.05, 4.69) is 39.8 Å². The largest absolute Gasteiger partial charge is 0.376 e. The second-order valence-electron chi connectivity index (χ2n) is 3.72. The highest BCUT2D eigenvalue weighted by Gasteiger charge is 2.11. The summed E-state index contributed by atoms with van der Waals surface area (Å²) in [4.78, 5) is 0. The molecule has 0 radical (unpaired) electrons. The molecule has 1 N–H and O–H groups in total. The predicted molar refractivity (Wildman–Crippen MR) is 73.0 cm³/mol. The van der Waals surface area contributed by atoms with Gasteiger partial charge in [0.25, 0.3) is 0 Å². The predicted octanol–water partition coefficient (Wildman–Crippen LogP) is 2.04. The van der Waals surface area contributed by atoms with E-state index in [1.807, 2.05) is 11.7 Å². The number of ether oxygens (including phenoxy) is 1. The van der Waals surface area contributed by atoms with Gasteiger partial charge in [0.2, 0.25) is 0 Å². The van der Waals surface area contributed by atoms with Crippen molar-refractivity contribution < 1.29 is 4.74 Å². The first-order valence-electron chi connectivity index (χ1n) is 5.80. The highest BCUT2D eigenvalue weighted by Crippen LogP contribution is 2.21. The van der Waals surface area contributed by atoms with Gasteiger partial charge in [0.15, 0.2) is 0 Å². The first-order chi connectivity index (χ1) is 8.20. The maximum absolute atomic E-state index is 5.29. The summed E-state index contributed by atoms with van der Waals surface area (Å²) < 4.78 is 8.32. The minimum Gasteiger partial charge on any atom is -0.376 e. The lowest BCUT2D eigenvalue weighted by molar-refractivity contribution is 0.163. The Morgan fingerprint density at radius 2 is 2.35 bits per heavy atom. The lowest BCUT2D eigenvalue weighted by Gasteiger charge is -2.06. The first kappa shape index (κ1) is 14.4. The molecule has 17 heavy (non-hydrogen) atoms. The van der Waals surface area contributed by atoms with E-state index in [-0.39, 0.29) is 0 Å². The Labute approximate surface area is 111 Å².